The summed E-state index contributed by atoms with van der Waals surface area (Å²) < 4.78 is 36.1. The molecule has 0 unspecified atom stereocenters. The fraction of sp³-hybridized carbons (Fsp3) is 0.0500. The highest BCUT2D eigenvalue weighted by Crippen LogP contribution is 2.25. The van der Waals surface area contributed by atoms with E-state index in [4.69, 9.17) is 18.6 Å². The number of rotatable bonds is 3. The molecule has 0 aliphatic rings. The number of pyridine rings is 1. The summed E-state index contributed by atoms with van der Waals surface area (Å²) in [5.41, 5.74) is 5.71. The van der Waals surface area contributed by atoms with Crippen LogP contribution in [0.1, 0.15) is 5.69 Å². The SMILES string of the molecule is Cc1cc(-c2ccccc2)cc(-c2ccccc2)[n+]1-c1cn[nH]n1.[O-][Cl+3]([O-])([O-])[O-]. The Hall–Kier alpha value is -3.14. The largest absolute Gasteiger partial charge is 0.375 e. The van der Waals surface area contributed by atoms with E-state index >= 15 is 0 Å². The number of nitrogens with one attached hydrogen (secondary N) is 1. The molecule has 0 saturated heterocycles. The lowest BCUT2D eigenvalue weighted by atomic mass is 10.0. The van der Waals surface area contributed by atoms with E-state index in [1.54, 1.807) is 6.20 Å². The summed E-state index contributed by atoms with van der Waals surface area (Å²) in [5.74, 6) is 0.783. The van der Waals surface area contributed by atoms with Gasteiger partial charge < -0.3 is 0 Å². The van der Waals surface area contributed by atoms with E-state index in [1.807, 2.05) is 24.3 Å². The van der Waals surface area contributed by atoms with Gasteiger partial charge in [0, 0.05) is 5.56 Å². The zero-order valence-electron chi connectivity index (χ0n) is 15.4. The number of aryl methyl sites for hydroxylation is 1. The first-order valence-electron chi connectivity index (χ1n) is 8.48. The second kappa shape index (κ2) is 8.91. The molecule has 0 saturated carbocycles. The van der Waals surface area contributed by atoms with Crippen LogP contribution in [-0.2, 0) is 0 Å². The minimum atomic E-state index is -4.94. The van der Waals surface area contributed by atoms with Crippen LogP contribution in [0.4, 0.5) is 0 Å². The van der Waals surface area contributed by atoms with Gasteiger partial charge in [0.15, 0.2) is 0 Å². The third kappa shape index (κ3) is 5.67. The van der Waals surface area contributed by atoms with Crippen molar-refractivity contribution in [2.24, 2.45) is 0 Å². The van der Waals surface area contributed by atoms with Crippen LogP contribution in [0.5, 0.6) is 0 Å². The van der Waals surface area contributed by atoms with Crippen LogP contribution < -0.4 is 23.2 Å². The van der Waals surface area contributed by atoms with E-state index in [9.17, 15) is 0 Å². The molecule has 0 bridgehead atoms. The Balaban J connectivity index is 0.000000431. The molecule has 0 aliphatic carbocycles. The molecule has 2 aromatic heterocycles. The van der Waals surface area contributed by atoms with Crippen molar-refractivity contribution in [3.63, 3.8) is 0 Å². The fourth-order valence-electron chi connectivity index (χ4n) is 2.96. The quantitative estimate of drug-likeness (QED) is 0.427. The first kappa shape index (κ1) is 20.6. The average molecular weight is 413 g/mol. The van der Waals surface area contributed by atoms with Gasteiger partial charge in [0.05, 0.1) is 5.10 Å². The highest BCUT2D eigenvalue weighted by Gasteiger charge is 2.20. The molecule has 0 atom stereocenters. The maximum absolute atomic E-state index is 8.49. The molecule has 4 rings (SSSR count). The van der Waals surface area contributed by atoms with Gasteiger partial charge in [-0.1, -0.05) is 60.7 Å². The van der Waals surface area contributed by atoms with Crippen LogP contribution in [0.2, 0.25) is 0 Å². The topological polar surface area (TPSA) is 138 Å². The summed E-state index contributed by atoms with van der Waals surface area (Å²) in [6, 6.07) is 25.1. The van der Waals surface area contributed by atoms with Crippen molar-refractivity contribution in [1.82, 2.24) is 15.4 Å². The predicted molar refractivity (Wildman–Crippen MR) is 93.5 cm³/mol. The summed E-state index contributed by atoms with van der Waals surface area (Å²) in [6.07, 6.45) is 1.74. The standard InChI is InChI=1S/C20H17N4.ClHO4/c1-15-12-18(16-8-4-2-5-9-16)13-19(17-10-6-3-7-11-17)24(15)20-14-21-23-22-20;2-1(3,4)5/h2-14H,1H3,(H,21,22,23);(H,2,3,4,5)/q+1;/p-1. The van der Waals surface area contributed by atoms with Crippen molar-refractivity contribution >= 4 is 0 Å². The molecular weight excluding hydrogens is 396 g/mol. The zero-order chi connectivity index (χ0) is 20.9. The molecule has 0 amide bonds. The number of hydrogen-bond acceptors (Lipinski definition) is 6. The van der Waals surface area contributed by atoms with Gasteiger partial charge in [-0.25, -0.2) is 18.6 Å². The monoisotopic (exact) mass is 412 g/mol. The molecule has 0 fully saturated rings. The number of aromatic nitrogens is 4. The molecule has 0 spiro atoms. The minimum absolute atomic E-state index is 0.783. The smallest absolute Gasteiger partial charge is 0.222 e. The van der Waals surface area contributed by atoms with Gasteiger partial charge in [0.2, 0.25) is 0 Å². The second-order valence-electron chi connectivity index (χ2n) is 6.04. The van der Waals surface area contributed by atoms with Crippen LogP contribution in [0.15, 0.2) is 79.0 Å². The number of benzene rings is 2. The molecule has 148 valence electrons. The highest BCUT2D eigenvalue weighted by atomic mass is 35.7. The molecule has 2 aromatic carbocycles. The number of nitrogens with zero attached hydrogens (tertiary/aromatic N) is 3. The fourth-order valence-corrected chi connectivity index (χ4v) is 2.96. The average Bonchev–Trinajstić information content (AvgIpc) is 3.22. The van der Waals surface area contributed by atoms with E-state index in [0.29, 0.717) is 0 Å². The van der Waals surface area contributed by atoms with Crippen molar-refractivity contribution in [2.45, 2.75) is 6.92 Å². The number of hydrogen-bond donors (Lipinski definition) is 1. The normalized spacial score (nSPS) is 10.9. The summed E-state index contributed by atoms with van der Waals surface area (Å²) in [5, 5.41) is 10.9. The van der Waals surface area contributed by atoms with Crippen LogP contribution >= 0.6 is 0 Å². The third-order valence-electron chi connectivity index (χ3n) is 4.06. The van der Waals surface area contributed by atoms with Gasteiger partial charge in [0.25, 0.3) is 0 Å². The number of halogens is 1. The van der Waals surface area contributed by atoms with Gasteiger partial charge >= 0.3 is 5.82 Å². The lowest BCUT2D eigenvalue weighted by molar-refractivity contribution is -2.00. The maximum atomic E-state index is 8.49. The summed E-state index contributed by atoms with van der Waals surface area (Å²) in [7, 11) is -4.94. The Morgan fingerprint density at radius 1 is 0.793 bits per heavy atom. The van der Waals surface area contributed by atoms with Crippen molar-refractivity contribution < 1.29 is 33.4 Å². The molecule has 9 heteroatoms. The Morgan fingerprint density at radius 3 is 1.86 bits per heavy atom. The molecule has 8 nitrogen and oxygen atoms in total. The van der Waals surface area contributed by atoms with Crippen LogP contribution in [0.25, 0.3) is 28.2 Å². The Bertz CT molecular complexity index is 1050. The molecule has 4 aromatic rings. The maximum Gasteiger partial charge on any atom is 0.375 e. The first-order valence-corrected chi connectivity index (χ1v) is 9.72. The first-order chi connectivity index (χ1) is 13.8. The van der Waals surface area contributed by atoms with Crippen LogP contribution in [0.3, 0.4) is 0 Å². The van der Waals surface area contributed by atoms with Gasteiger partial charge in [-0.3, -0.25) is 0 Å². The van der Waals surface area contributed by atoms with Gasteiger partial charge in [-0.2, -0.15) is 4.57 Å². The lowest BCUT2D eigenvalue weighted by Crippen LogP contribution is -2.68. The molecule has 1 N–H and O–H groups in total. The van der Waals surface area contributed by atoms with E-state index < -0.39 is 10.2 Å². The van der Waals surface area contributed by atoms with Gasteiger partial charge in [-0.15, -0.1) is 20.6 Å². The summed E-state index contributed by atoms with van der Waals surface area (Å²) >= 11 is 0. The summed E-state index contributed by atoms with van der Waals surface area (Å²) in [6.45, 7) is 2.09. The Kier molecular flexibility index (Phi) is 6.32. The van der Waals surface area contributed by atoms with Gasteiger partial charge in [-0.05, 0) is 30.2 Å². The summed E-state index contributed by atoms with van der Waals surface area (Å²) in [4.78, 5) is 0. The molecule has 0 radical (unpaired) electrons. The van der Waals surface area contributed by atoms with Gasteiger partial charge in [0.1, 0.15) is 17.6 Å². The highest BCUT2D eigenvalue weighted by molar-refractivity contribution is 5.69. The lowest BCUT2D eigenvalue weighted by Gasteiger charge is -2.17. The zero-order valence-corrected chi connectivity index (χ0v) is 16.1. The van der Waals surface area contributed by atoms with Crippen molar-refractivity contribution in [3.8, 4) is 28.2 Å². The Morgan fingerprint density at radius 2 is 1.34 bits per heavy atom. The molecule has 2 heterocycles. The van der Waals surface area contributed by atoms with E-state index in [2.05, 4.69) is 75.4 Å². The predicted octanol–water partition coefficient (Wildman–Crippen LogP) is -1.03. The number of aromatic amines is 1. The van der Waals surface area contributed by atoms with Crippen LogP contribution in [-0.4, -0.2) is 15.4 Å². The third-order valence-corrected chi connectivity index (χ3v) is 4.06. The second-order valence-corrected chi connectivity index (χ2v) is 6.80. The van der Waals surface area contributed by atoms with Crippen LogP contribution in [0, 0.1) is 17.2 Å². The van der Waals surface area contributed by atoms with Crippen molar-refractivity contribution in [2.75, 3.05) is 0 Å². The number of H-pyrrole nitrogens is 1. The van der Waals surface area contributed by atoms with E-state index in [1.165, 1.54) is 11.1 Å². The molecular formula is C20H17ClN4O4. The van der Waals surface area contributed by atoms with E-state index in [-0.39, 0.29) is 0 Å². The molecule has 29 heavy (non-hydrogen) atoms. The minimum Gasteiger partial charge on any atom is -0.222 e. The van der Waals surface area contributed by atoms with Crippen molar-refractivity contribution in [3.05, 3.63) is 84.7 Å². The van der Waals surface area contributed by atoms with E-state index in [0.717, 1.165) is 22.8 Å². The Labute approximate surface area is 169 Å². The molecule has 0 aliphatic heterocycles. The van der Waals surface area contributed by atoms with Crippen molar-refractivity contribution in [1.29, 1.82) is 0 Å².